The van der Waals surface area contributed by atoms with E-state index in [0.717, 1.165) is 11.1 Å². The van der Waals surface area contributed by atoms with Crippen LogP contribution in [0.4, 0.5) is 0 Å². The summed E-state index contributed by atoms with van der Waals surface area (Å²) in [5, 5.41) is 1.19. The number of alkyl halides is 1. The lowest BCUT2D eigenvalue weighted by Gasteiger charge is -2.17. The Bertz CT molecular complexity index is 1110. The molecule has 9 heteroatoms. The van der Waals surface area contributed by atoms with E-state index in [9.17, 15) is 4.79 Å². The lowest BCUT2D eigenvalue weighted by atomic mass is 10.0. The minimum Gasteiger partial charge on any atom is -0.489 e. The molecule has 0 bridgehead atoms. The number of esters is 1. The van der Waals surface area contributed by atoms with E-state index >= 15 is 0 Å². The highest BCUT2D eigenvalue weighted by Crippen LogP contribution is 2.27. The number of methoxy groups -OCH3 is 1. The summed E-state index contributed by atoms with van der Waals surface area (Å²) in [6.45, 7) is 4.52. The molecule has 0 amide bonds. The first-order valence-electron chi connectivity index (χ1n) is 11.7. The van der Waals surface area contributed by atoms with Crippen LogP contribution in [0.3, 0.4) is 0 Å². The average molecular weight is 569 g/mol. The fourth-order valence-corrected chi connectivity index (χ4v) is 3.84. The first kappa shape index (κ1) is 30.6. The molecule has 0 heterocycles. The van der Waals surface area contributed by atoms with Gasteiger partial charge in [0.1, 0.15) is 30.5 Å². The lowest BCUT2D eigenvalue weighted by Crippen LogP contribution is -2.13. The molecule has 37 heavy (non-hydrogen) atoms. The van der Waals surface area contributed by atoms with Gasteiger partial charge in [0.05, 0.1) is 17.7 Å². The van der Waals surface area contributed by atoms with Crippen LogP contribution in [0.25, 0.3) is 0 Å². The summed E-state index contributed by atoms with van der Waals surface area (Å²) >= 11 is 18.5. The maximum absolute atomic E-state index is 11.6. The summed E-state index contributed by atoms with van der Waals surface area (Å²) in [7, 11) is 1.34. The van der Waals surface area contributed by atoms with E-state index in [4.69, 9.17) is 59.7 Å². The minimum atomic E-state index is -0.402. The number of benzene rings is 2. The zero-order valence-corrected chi connectivity index (χ0v) is 23.4. The van der Waals surface area contributed by atoms with Crippen molar-refractivity contribution in [3.8, 4) is 11.5 Å². The fraction of sp³-hybridized carbons (Fsp3) is 0.321. The molecule has 0 saturated heterocycles. The van der Waals surface area contributed by atoms with Gasteiger partial charge in [-0.15, -0.1) is 11.6 Å². The van der Waals surface area contributed by atoms with Crippen molar-refractivity contribution >= 4 is 40.8 Å². The molecule has 2 rings (SSSR count). The second-order valence-electron chi connectivity index (χ2n) is 8.28. The molecule has 0 unspecified atom stereocenters. The van der Waals surface area contributed by atoms with Crippen molar-refractivity contribution in [2.45, 2.75) is 33.3 Å². The third-order valence-electron chi connectivity index (χ3n) is 5.28. The Labute approximate surface area is 233 Å². The van der Waals surface area contributed by atoms with Crippen LogP contribution >= 0.6 is 34.8 Å². The van der Waals surface area contributed by atoms with Crippen LogP contribution in [-0.2, 0) is 16.2 Å². The van der Waals surface area contributed by atoms with E-state index in [-0.39, 0.29) is 19.1 Å². The van der Waals surface area contributed by atoms with E-state index < -0.39 is 5.97 Å². The van der Waals surface area contributed by atoms with Crippen LogP contribution in [0.15, 0.2) is 77.1 Å². The minimum absolute atomic E-state index is 0.0762. The number of halogens is 3. The topological polar surface area (TPSA) is 80.0 Å². The molecule has 0 atom stereocenters. The monoisotopic (exact) mass is 567 g/mol. The molecule has 0 saturated carbocycles. The van der Waals surface area contributed by atoms with Crippen molar-refractivity contribution in [1.29, 1.82) is 0 Å². The van der Waals surface area contributed by atoms with Crippen molar-refractivity contribution in [2.75, 3.05) is 19.6 Å². The van der Waals surface area contributed by atoms with Crippen molar-refractivity contribution in [3.05, 3.63) is 93.2 Å². The number of rotatable bonds is 14. The van der Waals surface area contributed by atoms with Gasteiger partial charge in [0.25, 0.3) is 0 Å². The van der Waals surface area contributed by atoms with Gasteiger partial charge >= 0.3 is 5.97 Å². The highest BCUT2D eigenvalue weighted by atomic mass is 35.5. The molecule has 200 valence electrons. The Morgan fingerprint density at radius 1 is 1.05 bits per heavy atom. The quantitative estimate of drug-likeness (QED) is 0.0832. The molecule has 0 aliphatic heterocycles. The molecule has 0 aromatic heterocycles. The van der Waals surface area contributed by atoms with Gasteiger partial charge in [0.15, 0.2) is 0 Å². The van der Waals surface area contributed by atoms with Crippen LogP contribution < -0.4 is 15.4 Å². The Balaban J connectivity index is 2.03. The standard InChI is InChI=1S/C28H32Cl3NO5/c1-19(2)27(37-32)22(7-11-23(30)6-4-5-15-29)18-36-25-14-10-21(26(31)16-25)17-35-24-12-8-20(9-13-24)28(33)34-3/h4-6,8-10,12-14,16,19H,7,11,15,17-18,32H2,1-3H3/b5-4-,23-6+,27-22+. The number of carbonyl (C=O) groups is 1. The van der Waals surface area contributed by atoms with E-state index in [1.54, 1.807) is 30.3 Å². The van der Waals surface area contributed by atoms with Crippen LogP contribution in [0.1, 0.15) is 42.6 Å². The maximum atomic E-state index is 11.6. The molecule has 2 aromatic carbocycles. The summed E-state index contributed by atoms with van der Waals surface area (Å²) in [4.78, 5) is 16.7. The van der Waals surface area contributed by atoms with Crippen LogP contribution in [0, 0.1) is 5.92 Å². The Kier molecular flexibility index (Phi) is 13.4. The van der Waals surface area contributed by atoms with Crippen LogP contribution in [-0.4, -0.2) is 25.6 Å². The molecular formula is C28H32Cl3NO5. The second kappa shape index (κ2) is 16.3. The molecule has 0 aliphatic carbocycles. The Hall–Kier alpha value is -2.64. The summed E-state index contributed by atoms with van der Waals surface area (Å²) in [6.07, 6.45) is 6.66. The summed E-state index contributed by atoms with van der Waals surface area (Å²) in [6, 6.07) is 12.1. The fourth-order valence-electron chi connectivity index (χ4n) is 3.34. The van der Waals surface area contributed by atoms with E-state index in [1.165, 1.54) is 7.11 Å². The molecule has 2 aromatic rings. The molecule has 6 nitrogen and oxygen atoms in total. The van der Waals surface area contributed by atoms with Gasteiger partial charge in [-0.2, -0.15) is 5.90 Å². The lowest BCUT2D eigenvalue weighted by molar-refractivity contribution is 0.0600. The molecule has 0 fully saturated rings. The van der Waals surface area contributed by atoms with Gasteiger partial charge in [0, 0.05) is 28.0 Å². The number of hydrogen-bond donors (Lipinski definition) is 1. The molecule has 0 aliphatic rings. The summed E-state index contributed by atoms with van der Waals surface area (Å²) < 4.78 is 16.5. The van der Waals surface area contributed by atoms with Crippen molar-refractivity contribution in [3.63, 3.8) is 0 Å². The summed E-state index contributed by atoms with van der Waals surface area (Å²) in [5.74, 6) is 7.52. The van der Waals surface area contributed by atoms with Gasteiger partial charge < -0.3 is 19.0 Å². The number of carbonyl (C=O) groups excluding carboxylic acids is 1. The third-order valence-corrected chi connectivity index (χ3v) is 6.12. The van der Waals surface area contributed by atoms with Crippen molar-refractivity contribution in [1.82, 2.24) is 0 Å². The Morgan fingerprint density at radius 2 is 1.76 bits per heavy atom. The van der Waals surface area contributed by atoms with Gasteiger partial charge in [-0.25, -0.2) is 4.79 Å². The van der Waals surface area contributed by atoms with Crippen molar-refractivity contribution in [2.24, 2.45) is 11.8 Å². The highest BCUT2D eigenvalue weighted by molar-refractivity contribution is 6.31. The van der Waals surface area contributed by atoms with Gasteiger partial charge in [-0.3, -0.25) is 0 Å². The van der Waals surface area contributed by atoms with Crippen molar-refractivity contribution < 1.29 is 23.8 Å². The first-order valence-corrected chi connectivity index (χ1v) is 13.0. The van der Waals surface area contributed by atoms with E-state index in [2.05, 4.69) is 0 Å². The smallest absolute Gasteiger partial charge is 0.337 e. The first-order chi connectivity index (χ1) is 17.8. The normalized spacial score (nSPS) is 12.5. The third kappa shape index (κ3) is 10.3. The molecule has 0 radical (unpaired) electrons. The molecule has 0 spiro atoms. The number of allylic oxidation sites excluding steroid dienone is 5. The number of ether oxygens (including phenoxy) is 3. The number of hydrogen-bond acceptors (Lipinski definition) is 6. The van der Waals surface area contributed by atoms with Gasteiger partial charge in [0.2, 0.25) is 0 Å². The van der Waals surface area contributed by atoms with Crippen LogP contribution in [0.2, 0.25) is 5.02 Å². The van der Waals surface area contributed by atoms with Gasteiger partial charge in [-0.1, -0.05) is 55.3 Å². The summed E-state index contributed by atoms with van der Waals surface area (Å²) in [5.41, 5.74) is 2.14. The zero-order chi connectivity index (χ0) is 27.2. The molecule has 2 N–H and O–H groups in total. The predicted molar refractivity (Wildman–Crippen MR) is 149 cm³/mol. The van der Waals surface area contributed by atoms with E-state index in [1.807, 2.05) is 44.2 Å². The largest absolute Gasteiger partial charge is 0.489 e. The number of nitrogens with two attached hydrogens (primary N) is 1. The molecular weight excluding hydrogens is 537 g/mol. The Morgan fingerprint density at radius 3 is 2.35 bits per heavy atom. The maximum Gasteiger partial charge on any atom is 0.337 e. The van der Waals surface area contributed by atoms with Gasteiger partial charge in [-0.05, 0) is 55.3 Å². The predicted octanol–water partition coefficient (Wildman–Crippen LogP) is 7.58. The SMILES string of the molecule is COC(=O)c1ccc(OCc2ccc(OC/C(CC/C(Cl)=C\C=C/CCl)=C(/ON)C(C)C)cc2Cl)cc1. The average Bonchev–Trinajstić information content (AvgIpc) is 2.89. The van der Waals surface area contributed by atoms with Crippen LogP contribution in [0.5, 0.6) is 11.5 Å². The second-order valence-corrected chi connectivity index (χ2v) is 9.48. The zero-order valence-electron chi connectivity index (χ0n) is 21.1. The van der Waals surface area contributed by atoms with E-state index in [0.29, 0.717) is 51.6 Å². The highest BCUT2D eigenvalue weighted by Gasteiger charge is 2.15.